The number of benzene rings is 1. The van der Waals surface area contributed by atoms with E-state index in [9.17, 15) is 14.4 Å². The molecule has 1 atom stereocenters. The highest BCUT2D eigenvalue weighted by molar-refractivity contribution is 5.97. The Labute approximate surface area is 111 Å². The maximum atomic E-state index is 11.8. The van der Waals surface area contributed by atoms with Crippen LogP contribution in [-0.2, 0) is 14.3 Å². The average molecular weight is 264 g/mol. The number of amides is 2. The summed E-state index contributed by atoms with van der Waals surface area (Å²) >= 11 is 0. The van der Waals surface area contributed by atoms with Gasteiger partial charge in [-0.1, -0.05) is 18.2 Å². The van der Waals surface area contributed by atoms with Crippen molar-refractivity contribution in [2.45, 2.75) is 13.0 Å². The predicted molar refractivity (Wildman–Crippen MR) is 68.4 cm³/mol. The molecular weight excluding hydrogens is 248 g/mol. The molecule has 1 aromatic carbocycles. The van der Waals surface area contributed by atoms with Crippen molar-refractivity contribution in [2.24, 2.45) is 0 Å². The first kappa shape index (κ1) is 14.7. The molecule has 0 saturated heterocycles. The van der Waals surface area contributed by atoms with Crippen molar-refractivity contribution in [2.75, 3.05) is 13.7 Å². The van der Waals surface area contributed by atoms with Gasteiger partial charge in [-0.25, -0.2) is 0 Å². The molecule has 0 saturated carbocycles. The normalized spacial score (nSPS) is 11.3. The zero-order valence-electron chi connectivity index (χ0n) is 10.8. The maximum Gasteiger partial charge on any atom is 0.325 e. The number of esters is 1. The minimum Gasteiger partial charge on any atom is -0.468 e. The van der Waals surface area contributed by atoms with Gasteiger partial charge in [0.15, 0.2) is 0 Å². The summed E-state index contributed by atoms with van der Waals surface area (Å²) in [6.45, 7) is 1.31. The Kier molecular flexibility index (Phi) is 5.53. The summed E-state index contributed by atoms with van der Waals surface area (Å²) in [6.07, 6.45) is 0. The van der Waals surface area contributed by atoms with Gasteiger partial charge in [0.2, 0.25) is 5.91 Å². The van der Waals surface area contributed by atoms with E-state index >= 15 is 0 Å². The van der Waals surface area contributed by atoms with Gasteiger partial charge in [-0.15, -0.1) is 0 Å². The molecule has 19 heavy (non-hydrogen) atoms. The van der Waals surface area contributed by atoms with E-state index in [1.807, 2.05) is 0 Å². The lowest BCUT2D eigenvalue weighted by atomic mass is 10.2. The molecule has 1 unspecified atom stereocenters. The number of carbonyl (C=O) groups excluding carboxylic acids is 3. The van der Waals surface area contributed by atoms with Gasteiger partial charge in [-0.3, -0.25) is 14.4 Å². The fourth-order valence-corrected chi connectivity index (χ4v) is 1.32. The molecule has 0 aliphatic rings. The maximum absolute atomic E-state index is 11.8. The highest BCUT2D eigenvalue weighted by Crippen LogP contribution is 1.98. The zero-order valence-corrected chi connectivity index (χ0v) is 10.8. The summed E-state index contributed by atoms with van der Waals surface area (Å²) in [7, 11) is 1.23. The first-order valence-electron chi connectivity index (χ1n) is 5.75. The van der Waals surface area contributed by atoms with Gasteiger partial charge in [0.05, 0.1) is 7.11 Å². The molecule has 0 aromatic heterocycles. The zero-order chi connectivity index (χ0) is 14.3. The molecule has 2 N–H and O–H groups in total. The van der Waals surface area contributed by atoms with Crippen molar-refractivity contribution in [3.63, 3.8) is 0 Å². The lowest BCUT2D eigenvalue weighted by molar-refractivity contribution is -0.141. The first-order valence-corrected chi connectivity index (χ1v) is 5.75. The number of carbonyl (C=O) groups is 3. The second-order valence-electron chi connectivity index (χ2n) is 3.86. The summed E-state index contributed by atoms with van der Waals surface area (Å²) in [4.78, 5) is 34.2. The summed E-state index contributed by atoms with van der Waals surface area (Å²) in [6, 6.07) is 7.82. The van der Waals surface area contributed by atoms with E-state index in [1.165, 1.54) is 14.0 Å². The van der Waals surface area contributed by atoms with E-state index in [1.54, 1.807) is 30.3 Å². The summed E-state index contributed by atoms with van der Waals surface area (Å²) in [5, 5.41) is 4.90. The van der Waals surface area contributed by atoms with Crippen LogP contribution in [0.5, 0.6) is 0 Å². The molecule has 6 nitrogen and oxygen atoms in total. The topological polar surface area (TPSA) is 84.5 Å². The molecule has 102 valence electrons. The highest BCUT2D eigenvalue weighted by Gasteiger charge is 2.16. The van der Waals surface area contributed by atoms with Crippen molar-refractivity contribution < 1.29 is 19.1 Å². The summed E-state index contributed by atoms with van der Waals surface area (Å²) in [5.74, 6) is -1.34. The van der Waals surface area contributed by atoms with Crippen molar-refractivity contribution in [3.05, 3.63) is 35.9 Å². The van der Waals surface area contributed by atoms with E-state index in [0.717, 1.165) is 0 Å². The third-order valence-corrected chi connectivity index (χ3v) is 2.41. The van der Waals surface area contributed by atoms with E-state index in [-0.39, 0.29) is 12.5 Å². The second-order valence-corrected chi connectivity index (χ2v) is 3.86. The second kappa shape index (κ2) is 7.15. The number of rotatable bonds is 5. The minimum atomic E-state index is -0.739. The van der Waals surface area contributed by atoms with Gasteiger partial charge in [-0.05, 0) is 19.1 Å². The largest absolute Gasteiger partial charge is 0.468 e. The van der Waals surface area contributed by atoms with Crippen LogP contribution in [0, 0.1) is 0 Å². The number of methoxy groups -OCH3 is 1. The van der Waals surface area contributed by atoms with E-state index < -0.39 is 17.9 Å². The Morgan fingerprint density at radius 2 is 1.84 bits per heavy atom. The third-order valence-electron chi connectivity index (χ3n) is 2.41. The van der Waals surface area contributed by atoms with E-state index in [0.29, 0.717) is 5.56 Å². The molecular formula is C13H16N2O4. The third kappa shape index (κ3) is 4.79. The molecule has 2 amide bonds. The predicted octanol–water partition coefficient (Wildman–Crippen LogP) is 0.0941. The molecule has 1 rings (SSSR count). The van der Waals surface area contributed by atoms with Crippen LogP contribution < -0.4 is 10.6 Å². The number of hydrogen-bond donors (Lipinski definition) is 2. The molecule has 0 bridgehead atoms. The number of hydrogen-bond acceptors (Lipinski definition) is 4. The molecule has 0 aliphatic carbocycles. The van der Waals surface area contributed by atoms with Crippen molar-refractivity contribution in [3.8, 4) is 0 Å². The molecule has 1 aromatic rings. The van der Waals surface area contributed by atoms with Crippen LogP contribution in [0.1, 0.15) is 17.3 Å². The summed E-state index contributed by atoms with van der Waals surface area (Å²) in [5.41, 5.74) is 0.468. The smallest absolute Gasteiger partial charge is 0.325 e. The Hall–Kier alpha value is -2.37. The van der Waals surface area contributed by atoms with E-state index in [2.05, 4.69) is 15.4 Å². The molecule has 0 aliphatic heterocycles. The molecule has 0 spiro atoms. The average Bonchev–Trinajstić information content (AvgIpc) is 2.44. The Balaban J connectivity index is 2.46. The quantitative estimate of drug-likeness (QED) is 0.738. The van der Waals surface area contributed by atoms with Crippen LogP contribution in [-0.4, -0.2) is 37.5 Å². The number of ether oxygens (including phenoxy) is 1. The molecule has 0 fully saturated rings. The van der Waals surface area contributed by atoms with Gasteiger partial charge in [-0.2, -0.15) is 0 Å². The molecule has 6 heteroatoms. The Morgan fingerprint density at radius 1 is 1.21 bits per heavy atom. The molecule has 0 radical (unpaired) electrons. The van der Waals surface area contributed by atoms with Crippen LogP contribution >= 0.6 is 0 Å². The lowest BCUT2D eigenvalue weighted by Gasteiger charge is -2.13. The van der Waals surface area contributed by atoms with Crippen molar-refractivity contribution >= 4 is 17.8 Å². The lowest BCUT2D eigenvalue weighted by Crippen LogP contribution is -2.46. The van der Waals surface area contributed by atoms with Crippen molar-refractivity contribution in [1.82, 2.24) is 10.6 Å². The van der Waals surface area contributed by atoms with Crippen LogP contribution in [0.3, 0.4) is 0 Å². The highest BCUT2D eigenvalue weighted by atomic mass is 16.5. The molecule has 0 heterocycles. The first-order chi connectivity index (χ1) is 9.04. The SMILES string of the molecule is COC(=O)CNC(=O)C(C)NC(=O)c1ccccc1. The number of nitrogens with one attached hydrogen (secondary N) is 2. The Morgan fingerprint density at radius 3 is 2.42 bits per heavy atom. The monoisotopic (exact) mass is 264 g/mol. The fraction of sp³-hybridized carbons (Fsp3) is 0.308. The fourth-order valence-electron chi connectivity index (χ4n) is 1.32. The van der Waals surface area contributed by atoms with Gasteiger partial charge in [0, 0.05) is 5.56 Å². The van der Waals surface area contributed by atoms with E-state index in [4.69, 9.17) is 0 Å². The van der Waals surface area contributed by atoms with Crippen LogP contribution in [0.2, 0.25) is 0 Å². The van der Waals surface area contributed by atoms with Crippen LogP contribution in [0.4, 0.5) is 0 Å². The standard InChI is InChI=1S/C13H16N2O4/c1-9(12(17)14-8-11(16)19-2)15-13(18)10-6-4-3-5-7-10/h3-7,9H,8H2,1-2H3,(H,14,17)(H,15,18). The van der Waals surface area contributed by atoms with Gasteiger partial charge in [0.25, 0.3) is 5.91 Å². The Bertz CT molecular complexity index is 459. The summed E-state index contributed by atoms with van der Waals surface area (Å²) < 4.78 is 4.39. The van der Waals surface area contributed by atoms with Crippen molar-refractivity contribution in [1.29, 1.82) is 0 Å². The van der Waals surface area contributed by atoms with Crippen LogP contribution in [0.25, 0.3) is 0 Å². The van der Waals surface area contributed by atoms with Crippen LogP contribution in [0.15, 0.2) is 30.3 Å². The van der Waals surface area contributed by atoms with Gasteiger partial charge >= 0.3 is 5.97 Å². The minimum absolute atomic E-state index is 0.221. The van der Waals surface area contributed by atoms with Gasteiger partial charge in [0.1, 0.15) is 12.6 Å². The van der Waals surface area contributed by atoms with Gasteiger partial charge < -0.3 is 15.4 Å².